The lowest BCUT2D eigenvalue weighted by Crippen LogP contribution is -2.52. The van der Waals surface area contributed by atoms with E-state index in [1.807, 2.05) is 30.3 Å². The van der Waals surface area contributed by atoms with Gasteiger partial charge < -0.3 is 19.7 Å². The highest BCUT2D eigenvalue weighted by Gasteiger charge is 2.32. The van der Waals surface area contributed by atoms with Crippen LogP contribution in [-0.4, -0.2) is 54.3 Å². The second-order valence-corrected chi connectivity index (χ2v) is 6.28. The lowest BCUT2D eigenvalue weighted by molar-refractivity contribution is -0.135. The first-order valence-corrected chi connectivity index (χ1v) is 8.67. The van der Waals surface area contributed by atoms with Crippen molar-refractivity contribution in [3.63, 3.8) is 0 Å². The number of aliphatic hydroxyl groups excluding tert-OH is 1. The molecule has 0 spiro atoms. The summed E-state index contributed by atoms with van der Waals surface area (Å²) in [7, 11) is 2.71. The molecule has 1 atom stereocenters. The van der Waals surface area contributed by atoms with E-state index in [-0.39, 0.29) is 0 Å². The van der Waals surface area contributed by atoms with Gasteiger partial charge in [0, 0.05) is 30.6 Å². The number of nitrogens with one attached hydrogen (secondary N) is 1. The number of carbonyl (C=O) groups excluding carboxylic acids is 3. The quantitative estimate of drug-likeness (QED) is 0.636. The van der Waals surface area contributed by atoms with Crippen LogP contribution in [0.15, 0.2) is 59.0 Å². The molecule has 3 rings (SSSR count). The minimum absolute atomic E-state index is 0.307. The zero-order valence-electron chi connectivity index (χ0n) is 15.5. The van der Waals surface area contributed by atoms with E-state index in [1.54, 1.807) is 24.3 Å². The molecule has 0 saturated carbocycles. The molecule has 0 aliphatic heterocycles. The molecular formula is C21H20N2O5. The Hall–Kier alpha value is -3.45. The number of benzene rings is 2. The number of likely N-dealkylation sites (N-methyl/N-ethyl adjacent to an activating group) is 2. The van der Waals surface area contributed by atoms with Crippen LogP contribution in [0.3, 0.4) is 0 Å². The molecule has 0 fully saturated rings. The van der Waals surface area contributed by atoms with E-state index in [0.717, 1.165) is 21.4 Å². The average Bonchev–Trinajstić information content (AvgIpc) is 3.17. The SMILES string of the molecule is CNC(=O)C(C(=O)CO)N(C)C(=O)c1ccc(-c2cc3ccccc3o2)cc1. The zero-order valence-corrected chi connectivity index (χ0v) is 15.5. The van der Waals surface area contributed by atoms with E-state index in [1.165, 1.54) is 14.1 Å². The Morgan fingerprint density at radius 3 is 2.39 bits per heavy atom. The monoisotopic (exact) mass is 380 g/mol. The molecule has 7 nitrogen and oxygen atoms in total. The summed E-state index contributed by atoms with van der Waals surface area (Å²) in [5.41, 5.74) is 1.88. The topological polar surface area (TPSA) is 99.9 Å². The molecule has 3 aromatic rings. The van der Waals surface area contributed by atoms with Crippen LogP contribution in [0.4, 0.5) is 0 Å². The van der Waals surface area contributed by atoms with Crippen LogP contribution < -0.4 is 5.32 Å². The second kappa shape index (κ2) is 8.06. The maximum Gasteiger partial charge on any atom is 0.254 e. The van der Waals surface area contributed by atoms with Crippen LogP contribution in [-0.2, 0) is 9.59 Å². The predicted octanol–water partition coefficient (Wildman–Crippen LogP) is 1.85. The van der Waals surface area contributed by atoms with Crippen molar-refractivity contribution in [3.05, 3.63) is 60.2 Å². The minimum Gasteiger partial charge on any atom is -0.456 e. The third-order valence-corrected chi connectivity index (χ3v) is 4.51. The summed E-state index contributed by atoms with van der Waals surface area (Å²) in [5, 5.41) is 12.4. The molecule has 28 heavy (non-hydrogen) atoms. The molecule has 1 heterocycles. The first-order valence-electron chi connectivity index (χ1n) is 8.67. The van der Waals surface area contributed by atoms with Gasteiger partial charge in [0.15, 0.2) is 11.8 Å². The fourth-order valence-electron chi connectivity index (χ4n) is 2.98. The number of hydrogen-bond donors (Lipinski definition) is 2. The smallest absolute Gasteiger partial charge is 0.254 e. The van der Waals surface area contributed by atoms with E-state index in [9.17, 15) is 14.4 Å². The number of carbonyl (C=O) groups is 3. The van der Waals surface area contributed by atoms with E-state index in [4.69, 9.17) is 9.52 Å². The van der Waals surface area contributed by atoms with Crippen LogP contribution in [0.1, 0.15) is 10.4 Å². The Morgan fingerprint density at radius 1 is 1.11 bits per heavy atom. The Kier molecular flexibility index (Phi) is 5.56. The van der Waals surface area contributed by atoms with Gasteiger partial charge in [-0.3, -0.25) is 14.4 Å². The molecule has 0 aliphatic rings. The lowest BCUT2D eigenvalue weighted by Gasteiger charge is -2.25. The van der Waals surface area contributed by atoms with Gasteiger partial charge in [0.05, 0.1) is 0 Å². The molecular weight excluding hydrogens is 360 g/mol. The summed E-state index contributed by atoms with van der Waals surface area (Å²) >= 11 is 0. The Labute approximate surface area is 161 Å². The first-order chi connectivity index (χ1) is 13.5. The second-order valence-electron chi connectivity index (χ2n) is 6.28. The van der Waals surface area contributed by atoms with Crippen molar-refractivity contribution in [2.24, 2.45) is 0 Å². The number of amides is 2. The van der Waals surface area contributed by atoms with Crippen molar-refractivity contribution >= 4 is 28.6 Å². The Bertz CT molecular complexity index is 974. The van der Waals surface area contributed by atoms with E-state index >= 15 is 0 Å². The summed E-state index contributed by atoms with van der Waals surface area (Å²) in [6.07, 6.45) is 0. The van der Waals surface area contributed by atoms with Crippen molar-refractivity contribution in [2.45, 2.75) is 6.04 Å². The van der Waals surface area contributed by atoms with Crippen LogP contribution in [0.2, 0.25) is 0 Å². The lowest BCUT2D eigenvalue weighted by atomic mass is 10.1. The van der Waals surface area contributed by atoms with Crippen molar-refractivity contribution in [3.8, 4) is 11.3 Å². The van der Waals surface area contributed by atoms with Gasteiger partial charge in [-0.25, -0.2) is 0 Å². The van der Waals surface area contributed by atoms with Gasteiger partial charge in [0.1, 0.15) is 18.0 Å². The fourth-order valence-corrected chi connectivity index (χ4v) is 2.98. The normalized spacial score (nSPS) is 11.8. The maximum absolute atomic E-state index is 12.7. The number of nitrogens with zero attached hydrogens (tertiary/aromatic N) is 1. The van der Waals surface area contributed by atoms with Crippen LogP contribution in [0.5, 0.6) is 0 Å². The Balaban J connectivity index is 1.84. The van der Waals surface area contributed by atoms with E-state index in [2.05, 4.69) is 5.32 Å². The first kappa shape index (κ1) is 19.3. The zero-order chi connectivity index (χ0) is 20.3. The largest absolute Gasteiger partial charge is 0.456 e. The molecule has 2 amide bonds. The van der Waals surface area contributed by atoms with E-state index in [0.29, 0.717) is 11.3 Å². The number of hydrogen-bond acceptors (Lipinski definition) is 5. The van der Waals surface area contributed by atoms with Gasteiger partial charge in [-0.05, 0) is 24.3 Å². The van der Waals surface area contributed by atoms with Crippen molar-refractivity contribution in [1.82, 2.24) is 10.2 Å². The van der Waals surface area contributed by atoms with E-state index < -0.39 is 30.2 Å². The van der Waals surface area contributed by atoms with Crippen molar-refractivity contribution in [1.29, 1.82) is 0 Å². The number of furan rings is 1. The van der Waals surface area contributed by atoms with Gasteiger partial charge >= 0.3 is 0 Å². The molecule has 0 aliphatic carbocycles. The highest BCUT2D eigenvalue weighted by molar-refractivity contribution is 6.10. The number of ketones is 1. The highest BCUT2D eigenvalue weighted by Crippen LogP contribution is 2.28. The van der Waals surface area contributed by atoms with Gasteiger partial charge in [0.25, 0.3) is 5.91 Å². The number of rotatable bonds is 6. The van der Waals surface area contributed by atoms with Gasteiger partial charge in [-0.1, -0.05) is 30.3 Å². The molecule has 0 bridgehead atoms. The summed E-state index contributed by atoms with van der Waals surface area (Å²) in [5.74, 6) is -1.25. The third-order valence-electron chi connectivity index (χ3n) is 4.51. The van der Waals surface area contributed by atoms with Crippen LogP contribution >= 0.6 is 0 Å². The molecule has 1 unspecified atom stereocenters. The standard InChI is InChI=1S/C21H20N2O5/c1-22-20(26)19(16(25)12-24)23(2)21(27)14-9-7-13(8-10-14)18-11-15-5-3-4-6-17(15)28-18/h3-11,19,24H,12H2,1-2H3,(H,22,26). The summed E-state index contributed by atoms with van der Waals surface area (Å²) < 4.78 is 5.81. The molecule has 0 saturated heterocycles. The van der Waals surface area contributed by atoms with Crippen molar-refractivity contribution < 1.29 is 23.9 Å². The third kappa shape index (κ3) is 3.65. The highest BCUT2D eigenvalue weighted by atomic mass is 16.3. The van der Waals surface area contributed by atoms with Crippen LogP contribution in [0, 0.1) is 0 Å². The van der Waals surface area contributed by atoms with Gasteiger partial charge in [-0.2, -0.15) is 0 Å². The molecule has 1 aromatic heterocycles. The van der Waals surface area contributed by atoms with Gasteiger partial charge in [-0.15, -0.1) is 0 Å². The Morgan fingerprint density at radius 2 is 1.79 bits per heavy atom. The minimum atomic E-state index is -1.39. The number of aliphatic hydroxyl groups is 1. The van der Waals surface area contributed by atoms with Gasteiger partial charge in [0.2, 0.25) is 5.91 Å². The molecule has 144 valence electrons. The molecule has 2 N–H and O–H groups in total. The average molecular weight is 380 g/mol. The number of fused-ring (bicyclic) bond motifs is 1. The number of Topliss-reactive ketones (excluding diaryl/α,β-unsaturated/α-hetero) is 1. The van der Waals surface area contributed by atoms with Crippen molar-refractivity contribution in [2.75, 3.05) is 20.7 Å². The maximum atomic E-state index is 12.7. The fraction of sp³-hybridized carbons (Fsp3) is 0.190. The molecule has 7 heteroatoms. The number of para-hydroxylation sites is 1. The summed E-state index contributed by atoms with van der Waals surface area (Å²) in [6.45, 7) is -0.833. The van der Waals surface area contributed by atoms with Crippen LogP contribution in [0.25, 0.3) is 22.3 Å². The summed E-state index contributed by atoms with van der Waals surface area (Å²) in [6, 6.07) is 14.9. The molecule has 0 radical (unpaired) electrons. The predicted molar refractivity (Wildman–Crippen MR) is 104 cm³/mol. The summed E-state index contributed by atoms with van der Waals surface area (Å²) in [4.78, 5) is 37.6. The molecule has 2 aromatic carbocycles.